The standard InChI is InChI=1S/C24H19NO6S/c1-29-16-7-4-14(5-8-16)21-20(22(26)15-6-9-18-19(11-15)31-13-30-18)23(27)24(28)25(21)12-17-3-2-10-32-17/h2-11,21,26H,12-13H2,1H3/b22-20-. The van der Waals surface area contributed by atoms with Crippen LogP contribution in [0.15, 0.2) is 65.6 Å². The third-order valence-electron chi connectivity index (χ3n) is 5.52. The Labute approximate surface area is 188 Å². The van der Waals surface area contributed by atoms with E-state index in [4.69, 9.17) is 14.2 Å². The summed E-state index contributed by atoms with van der Waals surface area (Å²) in [4.78, 5) is 28.6. The minimum absolute atomic E-state index is 0.0376. The molecule has 1 fully saturated rings. The molecule has 32 heavy (non-hydrogen) atoms. The molecule has 0 saturated carbocycles. The van der Waals surface area contributed by atoms with Crippen LogP contribution in [-0.4, -0.2) is 35.6 Å². The smallest absolute Gasteiger partial charge is 0.295 e. The van der Waals surface area contributed by atoms with Gasteiger partial charge in [-0.3, -0.25) is 9.59 Å². The van der Waals surface area contributed by atoms with Crippen LogP contribution in [0.2, 0.25) is 0 Å². The number of carbonyl (C=O) groups is 2. The summed E-state index contributed by atoms with van der Waals surface area (Å²) in [6, 6.07) is 15.1. The molecular formula is C24H19NO6S. The summed E-state index contributed by atoms with van der Waals surface area (Å²) < 4.78 is 16.0. The first-order valence-electron chi connectivity index (χ1n) is 9.91. The van der Waals surface area contributed by atoms with Gasteiger partial charge in [0.1, 0.15) is 11.5 Å². The third-order valence-corrected chi connectivity index (χ3v) is 6.38. The van der Waals surface area contributed by atoms with Crippen LogP contribution in [0.5, 0.6) is 17.2 Å². The second-order valence-corrected chi connectivity index (χ2v) is 8.38. The van der Waals surface area contributed by atoms with Crippen LogP contribution in [0.1, 0.15) is 22.0 Å². The van der Waals surface area contributed by atoms with Crippen molar-refractivity contribution in [3.63, 3.8) is 0 Å². The molecule has 0 aliphatic carbocycles. The van der Waals surface area contributed by atoms with E-state index in [1.165, 1.54) is 16.2 Å². The topological polar surface area (TPSA) is 85.3 Å². The fourth-order valence-electron chi connectivity index (χ4n) is 3.95. The number of nitrogens with zero attached hydrogens (tertiary/aromatic N) is 1. The highest BCUT2D eigenvalue weighted by Crippen LogP contribution is 2.42. The number of ether oxygens (including phenoxy) is 3. The molecular weight excluding hydrogens is 430 g/mol. The molecule has 1 N–H and O–H groups in total. The number of thiophene rings is 1. The summed E-state index contributed by atoms with van der Waals surface area (Å²) in [7, 11) is 1.57. The van der Waals surface area contributed by atoms with Gasteiger partial charge < -0.3 is 24.2 Å². The zero-order valence-corrected chi connectivity index (χ0v) is 17.9. The quantitative estimate of drug-likeness (QED) is 0.359. The highest BCUT2D eigenvalue weighted by molar-refractivity contribution is 7.09. The Morgan fingerprint density at radius 1 is 1.12 bits per heavy atom. The largest absolute Gasteiger partial charge is 0.507 e. The number of hydrogen-bond acceptors (Lipinski definition) is 7. The lowest BCUT2D eigenvalue weighted by atomic mass is 9.95. The Hall–Kier alpha value is -3.78. The van der Waals surface area contributed by atoms with Crippen molar-refractivity contribution in [1.29, 1.82) is 0 Å². The van der Waals surface area contributed by atoms with Gasteiger partial charge in [0.2, 0.25) is 6.79 Å². The summed E-state index contributed by atoms with van der Waals surface area (Å²) in [6.45, 7) is 0.355. The van der Waals surface area contributed by atoms with Crippen LogP contribution in [0, 0.1) is 0 Å². The average Bonchev–Trinajstić information content (AvgIpc) is 3.55. The summed E-state index contributed by atoms with van der Waals surface area (Å²) in [6.07, 6.45) is 0. The number of ketones is 1. The summed E-state index contributed by atoms with van der Waals surface area (Å²) in [5, 5.41) is 13.1. The van der Waals surface area contributed by atoms with Crippen LogP contribution < -0.4 is 14.2 Å². The van der Waals surface area contributed by atoms with Crippen molar-refractivity contribution in [3.8, 4) is 17.2 Å². The zero-order valence-electron chi connectivity index (χ0n) is 17.1. The van der Waals surface area contributed by atoms with Crippen molar-refractivity contribution < 1.29 is 28.9 Å². The predicted molar refractivity (Wildman–Crippen MR) is 118 cm³/mol. The Morgan fingerprint density at radius 3 is 2.62 bits per heavy atom. The normalized spacial score (nSPS) is 18.9. The molecule has 1 unspecified atom stereocenters. The van der Waals surface area contributed by atoms with E-state index in [-0.39, 0.29) is 24.7 Å². The van der Waals surface area contributed by atoms with Gasteiger partial charge in [0, 0.05) is 10.4 Å². The van der Waals surface area contributed by atoms with Crippen molar-refractivity contribution in [2.45, 2.75) is 12.6 Å². The molecule has 1 aromatic heterocycles. The van der Waals surface area contributed by atoms with E-state index < -0.39 is 17.7 Å². The highest BCUT2D eigenvalue weighted by atomic mass is 32.1. The van der Waals surface area contributed by atoms with E-state index in [9.17, 15) is 14.7 Å². The maximum absolute atomic E-state index is 13.1. The average molecular weight is 449 g/mol. The molecule has 0 radical (unpaired) electrons. The summed E-state index contributed by atoms with van der Waals surface area (Å²) in [5.74, 6) is 0.0594. The van der Waals surface area contributed by atoms with Crippen molar-refractivity contribution in [2.24, 2.45) is 0 Å². The first-order valence-corrected chi connectivity index (χ1v) is 10.8. The summed E-state index contributed by atoms with van der Waals surface area (Å²) >= 11 is 1.50. The number of aliphatic hydroxyl groups is 1. The molecule has 0 spiro atoms. The molecule has 2 aliphatic rings. The molecule has 3 heterocycles. The Kier molecular flexibility index (Phi) is 5.07. The van der Waals surface area contributed by atoms with E-state index >= 15 is 0 Å². The number of amides is 1. The second-order valence-electron chi connectivity index (χ2n) is 7.35. The Morgan fingerprint density at radius 2 is 1.91 bits per heavy atom. The fraction of sp³-hybridized carbons (Fsp3) is 0.167. The van der Waals surface area contributed by atoms with E-state index in [1.807, 2.05) is 17.5 Å². The number of methoxy groups -OCH3 is 1. The van der Waals surface area contributed by atoms with Crippen LogP contribution in [-0.2, 0) is 16.1 Å². The van der Waals surface area contributed by atoms with E-state index in [1.54, 1.807) is 49.6 Å². The number of Topliss-reactive ketones (excluding diaryl/α,β-unsaturated/α-hetero) is 1. The number of likely N-dealkylation sites (tertiary alicyclic amines) is 1. The lowest BCUT2D eigenvalue weighted by Gasteiger charge is -2.25. The van der Waals surface area contributed by atoms with Crippen molar-refractivity contribution in [1.82, 2.24) is 4.90 Å². The van der Waals surface area contributed by atoms with Crippen molar-refractivity contribution >= 4 is 28.8 Å². The number of benzene rings is 2. The SMILES string of the molecule is COc1ccc(C2/C(=C(/O)c3ccc4c(c3)OCO4)C(=O)C(=O)N2Cc2cccs2)cc1. The van der Waals surface area contributed by atoms with Crippen molar-refractivity contribution in [3.05, 3.63) is 81.6 Å². The molecule has 8 heteroatoms. The first kappa shape index (κ1) is 20.1. The van der Waals surface area contributed by atoms with E-state index in [2.05, 4.69) is 0 Å². The van der Waals surface area contributed by atoms with Crippen LogP contribution in [0.25, 0.3) is 5.76 Å². The van der Waals surface area contributed by atoms with Gasteiger partial charge in [0.15, 0.2) is 11.5 Å². The van der Waals surface area contributed by atoms with Gasteiger partial charge in [-0.25, -0.2) is 0 Å². The van der Waals surface area contributed by atoms with Crippen LogP contribution in [0.3, 0.4) is 0 Å². The molecule has 1 amide bonds. The maximum atomic E-state index is 13.1. The monoisotopic (exact) mass is 449 g/mol. The molecule has 162 valence electrons. The minimum atomic E-state index is -0.742. The van der Waals surface area contributed by atoms with E-state index in [0.29, 0.717) is 28.4 Å². The first-order chi connectivity index (χ1) is 15.6. The van der Waals surface area contributed by atoms with Gasteiger partial charge in [-0.15, -0.1) is 11.3 Å². The fourth-order valence-corrected chi connectivity index (χ4v) is 4.65. The van der Waals surface area contributed by atoms with E-state index in [0.717, 1.165) is 4.88 Å². The molecule has 3 aromatic rings. The lowest BCUT2D eigenvalue weighted by Crippen LogP contribution is -2.28. The predicted octanol–water partition coefficient (Wildman–Crippen LogP) is 4.11. The van der Waals surface area contributed by atoms with Gasteiger partial charge in [-0.05, 0) is 47.3 Å². The number of rotatable bonds is 5. The van der Waals surface area contributed by atoms with Gasteiger partial charge >= 0.3 is 0 Å². The molecule has 2 aromatic carbocycles. The molecule has 1 atom stereocenters. The minimum Gasteiger partial charge on any atom is -0.507 e. The van der Waals surface area contributed by atoms with Gasteiger partial charge in [-0.2, -0.15) is 0 Å². The maximum Gasteiger partial charge on any atom is 0.295 e. The number of fused-ring (bicyclic) bond motifs is 1. The molecule has 7 nitrogen and oxygen atoms in total. The molecule has 2 aliphatic heterocycles. The molecule has 5 rings (SSSR count). The van der Waals surface area contributed by atoms with Gasteiger partial charge in [0.05, 0.1) is 25.3 Å². The lowest BCUT2D eigenvalue weighted by molar-refractivity contribution is -0.140. The molecule has 1 saturated heterocycles. The zero-order chi connectivity index (χ0) is 22.2. The van der Waals surface area contributed by atoms with Crippen LogP contribution >= 0.6 is 11.3 Å². The Balaban J connectivity index is 1.63. The third kappa shape index (κ3) is 3.38. The van der Waals surface area contributed by atoms with Crippen LogP contribution in [0.4, 0.5) is 0 Å². The number of hydrogen-bond donors (Lipinski definition) is 1. The highest BCUT2D eigenvalue weighted by Gasteiger charge is 2.46. The molecule has 0 bridgehead atoms. The second kappa shape index (κ2) is 8.05. The Bertz CT molecular complexity index is 1220. The number of aliphatic hydroxyl groups excluding tert-OH is 1. The summed E-state index contributed by atoms with van der Waals surface area (Å²) in [5.41, 5.74) is 1.11. The number of carbonyl (C=O) groups excluding carboxylic acids is 2. The van der Waals surface area contributed by atoms with Gasteiger partial charge in [-0.1, -0.05) is 18.2 Å². The van der Waals surface area contributed by atoms with Crippen molar-refractivity contribution in [2.75, 3.05) is 13.9 Å². The van der Waals surface area contributed by atoms with Gasteiger partial charge in [0.25, 0.3) is 11.7 Å².